The van der Waals surface area contributed by atoms with Gasteiger partial charge in [-0.1, -0.05) is 12.8 Å². The highest BCUT2D eigenvalue weighted by atomic mass is 16.4. The van der Waals surface area contributed by atoms with Crippen molar-refractivity contribution in [3.8, 4) is 0 Å². The van der Waals surface area contributed by atoms with Crippen molar-refractivity contribution in [1.82, 2.24) is 15.5 Å². The maximum absolute atomic E-state index is 11.8. The van der Waals surface area contributed by atoms with Gasteiger partial charge in [-0.05, 0) is 12.8 Å². The molecule has 4 N–H and O–H groups in total. The fourth-order valence-electron chi connectivity index (χ4n) is 2.21. The van der Waals surface area contributed by atoms with Gasteiger partial charge < -0.3 is 25.7 Å². The molecule has 2 atom stereocenters. The fraction of sp³-hybridized carbons (Fsp3) is 0.750. The van der Waals surface area contributed by atoms with Gasteiger partial charge in [-0.2, -0.15) is 0 Å². The van der Waals surface area contributed by atoms with Crippen LogP contribution in [-0.2, 0) is 9.59 Å². The Morgan fingerprint density at radius 3 is 2.40 bits per heavy atom. The molecule has 2 unspecified atom stereocenters. The van der Waals surface area contributed by atoms with Crippen molar-refractivity contribution in [3.05, 3.63) is 0 Å². The lowest BCUT2D eigenvalue weighted by Crippen LogP contribution is -2.51. The first-order valence-electron chi connectivity index (χ1n) is 6.59. The van der Waals surface area contributed by atoms with Crippen LogP contribution in [0.4, 0.5) is 4.79 Å². The zero-order valence-electron chi connectivity index (χ0n) is 11.5. The number of rotatable bonds is 5. The van der Waals surface area contributed by atoms with Gasteiger partial charge in [-0.15, -0.1) is 0 Å². The molecule has 8 heteroatoms. The third-order valence-corrected chi connectivity index (χ3v) is 3.35. The molecule has 20 heavy (non-hydrogen) atoms. The molecule has 0 radical (unpaired) electrons. The van der Waals surface area contributed by atoms with Gasteiger partial charge in [0.05, 0.1) is 18.7 Å². The number of aliphatic hydroxyl groups excluding tert-OH is 1. The number of hydrogen-bond donors (Lipinski definition) is 4. The van der Waals surface area contributed by atoms with E-state index in [1.807, 2.05) is 0 Å². The summed E-state index contributed by atoms with van der Waals surface area (Å²) < 4.78 is 0. The molecule has 1 aliphatic rings. The number of carbonyl (C=O) groups is 3. The van der Waals surface area contributed by atoms with Crippen molar-refractivity contribution in [3.63, 3.8) is 0 Å². The van der Waals surface area contributed by atoms with E-state index >= 15 is 0 Å². The number of nitrogens with one attached hydrogen (secondary N) is 2. The molecular formula is C12H21N3O5. The first-order chi connectivity index (χ1) is 9.41. The van der Waals surface area contributed by atoms with E-state index < -0.39 is 30.6 Å². The predicted molar refractivity (Wildman–Crippen MR) is 70.1 cm³/mol. The number of carboxylic acid groups (broad SMARTS) is 1. The van der Waals surface area contributed by atoms with Crippen LogP contribution in [0.2, 0.25) is 0 Å². The maximum Gasteiger partial charge on any atom is 0.322 e. The Morgan fingerprint density at radius 2 is 1.80 bits per heavy atom. The van der Waals surface area contributed by atoms with Crippen LogP contribution in [0.25, 0.3) is 0 Å². The van der Waals surface area contributed by atoms with Crippen LogP contribution in [0.3, 0.4) is 0 Å². The number of carbonyl (C=O) groups excluding carboxylic acids is 2. The smallest absolute Gasteiger partial charge is 0.322 e. The molecule has 3 amide bonds. The van der Waals surface area contributed by atoms with Crippen molar-refractivity contribution >= 4 is 17.9 Å². The van der Waals surface area contributed by atoms with Gasteiger partial charge in [-0.3, -0.25) is 9.59 Å². The lowest BCUT2D eigenvalue weighted by atomic mass is 9.92. The van der Waals surface area contributed by atoms with Crippen molar-refractivity contribution < 1.29 is 24.6 Å². The van der Waals surface area contributed by atoms with Gasteiger partial charge in [0.25, 0.3) is 0 Å². The normalized spacial score (nSPS) is 21.9. The molecule has 0 aromatic heterocycles. The Hall–Kier alpha value is -1.83. The van der Waals surface area contributed by atoms with Crippen LogP contribution < -0.4 is 10.6 Å². The summed E-state index contributed by atoms with van der Waals surface area (Å²) in [6, 6.07) is -0.702. The van der Waals surface area contributed by atoms with Crippen molar-refractivity contribution in [2.75, 3.05) is 20.1 Å². The summed E-state index contributed by atoms with van der Waals surface area (Å²) in [4.78, 5) is 34.7. The summed E-state index contributed by atoms with van der Waals surface area (Å²) in [6.45, 7) is -0.773. The zero-order chi connectivity index (χ0) is 15.1. The largest absolute Gasteiger partial charge is 0.480 e. The molecule has 0 saturated heterocycles. The Bertz CT molecular complexity index is 374. The van der Waals surface area contributed by atoms with E-state index in [4.69, 9.17) is 5.11 Å². The van der Waals surface area contributed by atoms with Gasteiger partial charge in [0.15, 0.2) is 0 Å². The standard InChI is InChI=1S/C12H21N3O5/c1-15(8-4-2-3-5-9(8)16)12(20)14-6-10(17)13-7-11(18)19/h8-9,16H,2-7H2,1H3,(H,13,17)(H,14,20)(H,18,19). The molecule has 0 spiro atoms. The third kappa shape index (κ3) is 5.04. The van der Waals surface area contributed by atoms with Gasteiger partial charge in [0, 0.05) is 7.05 Å². The number of likely N-dealkylation sites (N-methyl/N-ethyl adjacent to an activating group) is 1. The zero-order valence-corrected chi connectivity index (χ0v) is 11.5. The number of aliphatic hydroxyl groups is 1. The van der Waals surface area contributed by atoms with Crippen molar-refractivity contribution in [1.29, 1.82) is 0 Å². The number of urea groups is 1. The molecule has 114 valence electrons. The first kappa shape index (κ1) is 16.2. The number of carboxylic acids is 1. The summed E-state index contributed by atoms with van der Waals surface area (Å²) in [7, 11) is 1.57. The van der Waals surface area contributed by atoms with E-state index in [-0.39, 0.29) is 12.6 Å². The van der Waals surface area contributed by atoms with Gasteiger partial charge >= 0.3 is 12.0 Å². The fourth-order valence-corrected chi connectivity index (χ4v) is 2.21. The molecule has 1 aliphatic carbocycles. The van der Waals surface area contributed by atoms with Crippen molar-refractivity contribution in [2.45, 2.75) is 37.8 Å². The van der Waals surface area contributed by atoms with E-state index in [9.17, 15) is 19.5 Å². The second-order valence-electron chi connectivity index (χ2n) is 4.86. The number of amides is 3. The van der Waals surface area contributed by atoms with Crippen LogP contribution in [0.5, 0.6) is 0 Å². The van der Waals surface area contributed by atoms with E-state index in [1.54, 1.807) is 7.05 Å². The lowest BCUT2D eigenvalue weighted by molar-refractivity contribution is -0.137. The maximum atomic E-state index is 11.8. The second kappa shape index (κ2) is 7.68. The molecule has 1 fully saturated rings. The third-order valence-electron chi connectivity index (χ3n) is 3.35. The van der Waals surface area contributed by atoms with Gasteiger partial charge in [0.2, 0.25) is 5.91 Å². The van der Waals surface area contributed by atoms with E-state index in [1.165, 1.54) is 4.90 Å². The highest BCUT2D eigenvalue weighted by molar-refractivity contribution is 5.86. The minimum atomic E-state index is -1.15. The minimum absolute atomic E-state index is 0.245. The van der Waals surface area contributed by atoms with Gasteiger partial charge in [0.1, 0.15) is 6.54 Å². The molecule has 8 nitrogen and oxygen atoms in total. The average Bonchev–Trinajstić information content (AvgIpc) is 2.42. The molecule has 0 aromatic rings. The molecule has 0 aromatic carbocycles. The SMILES string of the molecule is CN(C(=O)NCC(=O)NCC(=O)O)C1CCCCC1O. The summed E-state index contributed by atoms with van der Waals surface area (Å²) in [5.41, 5.74) is 0. The van der Waals surface area contributed by atoms with E-state index in [0.29, 0.717) is 6.42 Å². The Balaban J connectivity index is 2.34. The molecule has 1 saturated carbocycles. The van der Waals surface area contributed by atoms with Crippen LogP contribution >= 0.6 is 0 Å². The Labute approximate surface area is 117 Å². The topological polar surface area (TPSA) is 119 Å². The number of aliphatic carboxylic acids is 1. The summed E-state index contributed by atoms with van der Waals surface area (Å²) in [5.74, 6) is -1.72. The Morgan fingerprint density at radius 1 is 1.15 bits per heavy atom. The van der Waals surface area contributed by atoms with Crippen LogP contribution in [0, 0.1) is 0 Å². The van der Waals surface area contributed by atoms with Crippen molar-refractivity contribution in [2.24, 2.45) is 0 Å². The van der Waals surface area contributed by atoms with E-state index in [0.717, 1.165) is 19.3 Å². The van der Waals surface area contributed by atoms with Crippen LogP contribution in [0.15, 0.2) is 0 Å². The second-order valence-corrected chi connectivity index (χ2v) is 4.86. The first-order valence-corrected chi connectivity index (χ1v) is 6.59. The number of hydrogen-bond acceptors (Lipinski definition) is 4. The molecular weight excluding hydrogens is 266 g/mol. The molecule has 0 bridgehead atoms. The average molecular weight is 287 g/mol. The van der Waals surface area contributed by atoms with E-state index in [2.05, 4.69) is 10.6 Å². The van der Waals surface area contributed by atoms with Crippen LogP contribution in [-0.4, -0.2) is 65.3 Å². The molecule has 1 rings (SSSR count). The quantitative estimate of drug-likeness (QED) is 0.524. The highest BCUT2D eigenvalue weighted by Crippen LogP contribution is 2.22. The molecule has 0 heterocycles. The highest BCUT2D eigenvalue weighted by Gasteiger charge is 2.29. The number of nitrogens with zero attached hydrogens (tertiary/aromatic N) is 1. The lowest BCUT2D eigenvalue weighted by Gasteiger charge is -2.35. The van der Waals surface area contributed by atoms with Gasteiger partial charge in [-0.25, -0.2) is 4.79 Å². The summed E-state index contributed by atoms with van der Waals surface area (Å²) in [5, 5.41) is 22.8. The minimum Gasteiger partial charge on any atom is -0.480 e. The molecule has 0 aliphatic heterocycles. The monoisotopic (exact) mass is 287 g/mol. The summed E-state index contributed by atoms with van der Waals surface area (Å²) in [6.07, 6.45) is 2.77. The predicted octanol–water partition coefficient (Wildman–Crippen LogP) is -0.868. The van der Waals surface area contributed by atoms with Crippen LogP contribution in [0.1, 0.15) is 25.7 Å². The Kier molecular flexibility index (Phi) is 6.23. The summed E-state index contributed by atoms with van der Waals surface area (Å²) >= 11 is 0.